The van der Waals surface area contributed by atoms with Gasteiger partial charge in [0.25, 0.3) is 0 Å². The first-order chi connectivity index (χ1) is 7.74. The molecular weight excluding hydrogens is 222 g/mol. The van der Waals surface area contributed by atoms with Gasteiger partial charge in [-0.05, 0) is 31.4 Å². The maximum Gasteiger partial charge on any atom is 0.0492 e. The second-order valence-corrected chi connectivity index (χ2v) is 4.66. The molecule has 0 aliphatic heterocycles. The van der Waals surface area contributed by atoms with E-state index in [1.54, 1.807) is 0 Å². The van der Waals surface area contributed by atoms with Crippen LogP contribution in [0.15, 0.2) is 12.3 Å². The Morgan fingerprint density at radius 3 is 2.94 bits per heavy atom. The zero-order chi connectivity index (χ0) is 11.8. The van der Waals surface area contributed by atoms with Crippen molar-refractivity contribution in [3.63, 3.8) is 0 Å². The SMILES string of the molecule is CC(CCl)CCCNCCc1ccnn1C. The van der Waals surface area contributed by atoms with E-state index in [1.807, 2.05) is 17.9 Å². The quantitative estimate of drug-likeness (QED) is 0.561. The van der Waals surface area contributed by atoms with Crippen LogP contribution < -0.4 is 5.32 Å². The Labute approximate surface area is 103 Å². The van der Waals surface area contributed by atoms with Gasteiger partial charge in [0.1, 0.15) is 0 Å². The predicted molar refractivity (Wildman–Crippen MR) is 68.9 cm³/mol. The molecule has 0 aliphatic carbocycles. The summed E-state index contributed by atoms with van der Waals surface area (Å²) in [5.41, 5.74) is 1.28. The van der Waals surface area contributed by atoms with E-state index in [4.69, 9.17) is 11.6 Å². The molecule has 0 aliphatic rings. The van der Waals surface area contributed by atoms with Gasteiger partial charge in [-0.3, -0.25) is 4.68 Å². The fourth-order valence-corrected chi connectivity index (χ4v) is 1.79. The molecule has 0 amide bonds. The van der Waals surface area contributed by atoms with Crippen LogP contribution in [0, 0.1) is 5.92 Å². The zero-order valence-electron chi connectivity index (χ0n) is 10.2. The van der Waals surface area contributed by atoms with Gasteiger partial charge in [0.2, 0.25) is 0 Å². The van der Waals surface area contributed by atoms with Gasteiger partial charge in [0, 0.05) is 37.8 Å². The number of alkyl halides is 1. The van der Waals surface area contributed by atoms with E-state index in [-0.39, 0.29) is 0 Å². The Kier molecular flexibility index (Phi) is 6.50. The van der Waals surface area contributed by atoms with Crippen LogP contribution in [0.4, 0.5) is 0 Å². The molecule has 0 bridgehead atoms. The lowest BCUT2D eigenvalue weighted by Gasteiger charge is -2.08. The number of aromatic nitrogens is 2. The monoisotopic (exact) mass is 243 g/mol. The first-order valence-electron chi connectivity index (χ1n) is 5.97. The van der Waals surface area contributed by atoms with Crippen LogP contribution in [-0.4, -0.2) is 28.8 Å². The van der Waals surface area contributed by atoms with Crippen LogP contribution in [0.5, 0.6) is 0 Å². The highest BCUT2D eigenvalue weighted by molar-refractivity contribution is 6.18. The third-order valence-electron chi connectivity index (χ3n) is 2.79. The molecule has 0 saturated heterocycles. The number of rotatable bonds is 8. The van der Waals surface area contributed by atoms with Crippen molar-refractivity contribution in [3.05, 3.63) is 18.0 Å². The molecule has 92 valence electrons. The van der Waals surface area contributed by atoms with Gasteiger partial charge < -0.3 is 5.32 Å². The maximum atomic E-state index is 5.75. The summed E-state index contributed by atoms with van der Waals surface area (Å²) in [7, 11) is 1.98. The van der Waals surface area contributed by atoms with Crippen LogP contribution in [0.1, 0.15) is 25.5 Å². The van der Waals surface area contributed by atoms with Gasteiger partial charge in [0.05, 0.1) is 0 Å². The fraction of sp³-hybridized carbons (Fsp3) is 0.750. The number of hydrogen-bond acceptors (Lipinski definition) is 2. The normalized spacial score (nSPS) is 12.9. The molecule has 0 aromatic carbocycles. The Morgan fingerprint density at radius 1 is 1.50 bits per heavy atom. The molecule has 1 atom stereocenters. The Hall–Kier alpha value is -0.540. The van der Waals surface area contributed by atoms with Crippen LogP contribution in [-0.2, 0) is 13.5 Å². The molecule has 0 spiro atoms. The molecule has 0 saturated carbocycles. The van der Waals surface area contributed by atoms with Gasteiger partial charge in [-0.2, -0.15) is 5.10 Å². The Bertz CT molecular complexity index is 286. The van der Waals surface area contributed by atoms with Gasteiger partial charge in [0.15, 0.2) is 0 Å². The van der Waals surface area contributed by atoms with E-state index >= 15 is 0 Å². The number of hydrogen-bond donors (Lipinski definition) is 1. The zero-order valence-corrected chi connectivity index (χ0v) is 11.0. The first kappa shape index (κ1) is 13.5. The largest absolute Gasteiger partial charge is 0.316 e. The molecule has 3 nitrogen and oxygen atoms in total. The summed E-state index contributed by atoms with van der Waals surface area (Å²) in [6.45, 7) is 4.30. The van der Waals surface area contributed by atoms with Gasteiger partial charge in [-0.25, -0.2) is 0 Å². The number of nitrogens with one attached hydrogen (secondary N) is 1. The minimum atomic E-state index is 0.639. The molecule has 1 unspecified atom stereocenters. The summed E-state index contributed by atoms with van der Waals surface area (Å²) in [6, 6.07) is 2.07. The maximum absolute atomic E-state index is 5.75. The molecule has 0 fully saturated rings. The number of nitrogens with zero attached hydrogens (tertiary/aromatic N) is 2. The van der Waals surface area contributed by atoms with Crippen molar-refractivity contribution >= 4 is 11.6 Å². The highest BCUT2D eigenvalue weighted by atomic mass is 35.5. The summed E-state index contributed by atoms with van der Waals surface area (Å²) in [4.78, 5) is 0. The average Bonchev–Trinajstić information content (AvgIpc) is 2.69. The lowest BCUT2D eigenvalue weighted by molar-refractivity contribution is 0.530. The van der Waals surface area contributed by atoms with Crippen LogP contribution in [0.2, 0.25) is 0 Å². The first-order valence-corrected chi connectivity index (χ1v) is 6.51. The van der Waals surface area contributed by atoms with E-state index in [0.717, 1.165) is 25.4 Å². The van der Waals surface area contributed by atoms with Crippen molar-refractivity contribution < 1.29 is 0 Å². The van der Waals surface area contributed by atoms with Crippen LogP contribution in [0.3, 0.4) is 0 Å². The minimum absolute atomic E-state index is 0.639. The molecule has 1 N–H and O–H groups in total. The number of halogens is 1. The van der Waals surface area contributed by atoms with Crippen molar-refractivity contribution in [2.24, 2.45) is 13.0 Å². The Morgan fingerprint density at radius 2 is 2.31 bits per heavy atom. The molecule has 1 aromatic heterocycles. The summed E-state index contributed by atoms with van der Waals surface area (Å²) in [6.07, 6.45) is 5.31. The Balaban J connectivity index is 1.98. The lowest BCUT2D eigenvalue weighted by atomic mass is 10.1. The van der Waals surface area contributed by atoms with Crippen LogP contribution >= 0.6 is 11.6 Å². The van der Waals surface area contributed by atoms with E-state index in [9.17, 15) is 0 Å². The highest BCUT2D eigenvalue weighted by Gasteiger charge is 2.00. The summed E-state index contributed by atoms with van der Waals surface area (Å²) in [5, 5.41) is 7.59. The summed E-state index contributed by atoms with van der Waals surface area (Å²) < 4.78 is 1.93. The van der Waals surface area contributed by atoms with E-state index in [1.165, 1.54) is 18.5 Å². The molecule has 16 heavy (non-hydrogen) atoms. The average molecular weight is 244 g/mol. The second kappa shape index (κ2) is 7.69. The highest BCUT2D eigenvalue weighted by Crippen LogP contribution is 2.06. The topological polar surface area (TPSA) is 29.9 Å². The van der Waals surface area contributed by atoms with E-state index in [2.05, 4.69) is 23.4 Å². The van der Waals surface area contributed by atoms with Crippen molar-refractivity contribution in [2.75, 3.05) is 19.0 Å². The predicted octanol–water partition coefficient (Wildman–Crippen LogP) is 2.21. The van der Waals surface area contributed by atoms with Crippen LogP contribution in [0.25, 0.3) is 0 Å². The summed E-state index contributed by atoms with van der Waals surface area (Å²) >= 11 is 5.75. The molecule has 1 aromatic rings. The van der Waals surface area contributed by atoms with Crippen molar-refractivity contribution in [1.82, 2.24) is 15.1 Å². The second-order valence-electron chi connectivity index (χ2n) is 4.35. The smallest absolute Gasteiger partial charge is 0.0492 e. The van der Waals surface area contributed by atoms with Gasteiger partial charge in [-0.15, -0.1) is 11.6 Å². The third-order valence-corrected chi connectivity index (χ3v) is 3.32. The minimum Gasteiger partial charge on any atom is -0.316 e. The summed E-state index contributed by atoms with van der Waals surface area (Å²) in [5.74, 6) is 1.41. The molecule has 0 radical (unpaired) electrons. The molecular formula is C12H22ClN3. The van der Waals surface area contributed by atoms with Gasteiger partial charge >= 0.3 is 0 Å². The van der Waals surface area contributed by atoms with Crippen molar-refractivity contribution in [1.29, 1.82) is 0 Å². The van der Waals surface area contributed by atoms with Crippen molar-refractivity contribution in [2.45, 2.75) is 26.2 Å². The standard InChI is InChI=1S/C12H22ClN3/c1-11(10-13)4-3-7-14-8-5-12-6-9-15-16(12)2/h6,9,11,14H,3-5,7-8,10H2,1-2H3. The van der Waals surface area contributed by atoms with Gasteiger partial charge in [-0.1, -0.05) is 6.92 Å². The third kappa shape index (κ3) is 4.99. The van der Waals surface area contributed by atoms with E-state index in [0.29, 0.717) is 5.92 Å². The fourth-order valence-electron chi connectivity index (χ4n) is 1.64. The molecule has 4 heteroatoms. The molecule has 1 rings (SSSR count). The number of aryl methyl sites for hydroxylation is 1. The molecule has 1 heterocycles. The lowest BCUT2D eigenvalue weighted by Crippen LogP contribution is -2.20. The van der Waals surface area contributed by atoms with Crippen molar-refractivity contribution in [3.8, 4) is 0 Å². The van der Waals surface area contributed by atoms with E-state index < -0.39 is 0 Å².